The molecule has 0 spiro atoms. The molecule has 1 aliphatic rings. The van der Waals surface area contributed by atoms with E-state index in [2.05, 4.69) is 0 Å². The largest absolute Gasteiger partial charge is 0.478 e. The van der Waals surface area contributed by atoms with E-state index >= 15 is 0 Å². The van der Waals surface area contributed by atoms with E-state index in [1.54, 1.807) is 6.07 Å². The van der Waals surface area contributed by atoms with Crippen LogP contribution in [0.2, 0.25) is 0 Å². The summed E-state index contributed by atoms with van der Waals surface area (Å²) in [6.07, 6.45) is 4.28. The fraction of sp³-hybridized carbons (Fsp3) is 0.364. The third kappa shape index (κ3) is 1.90. The Hall–Kier alpha value is -1.02. The third-order valence-electron chi connectivity index (χ3n) is 2.63. The minimum absolute atomic E-state index is 0. The first-order valence-electron chi connectivity index (χ1n) is 4.63. The van der Waals surface area contributed by atoms with Crippen molar-refractivity contribution in [2.24, 2.45) is 0 Å². The molecule has 2 rings (SSSR count). The molecule has 0 heterocycles. The van der Waals surface area contributed by atoms with Crippen molar-refractivity contribution in [1.29, 1.82) is 0 Å². The Morgan fingerprint density at radius 1 is 1.21 bits per heavy atom. The second kappa shape index (κ2) is 4.47. The lowest BCUT2D eigenvalue weighted by atomic mass is 9.88. The molecule has 0 fully saturated rings. The zero-order valence-electron chi connectivity index (χ0n) is 7.82. The van der Waals surface area contributed by atoms with Gasteiger partial charge in [-0.15, -0.1) is 12.4 Å². The molecule has 0 amide bonds. The van der Waals surface area contributed by atoms with Crippen molar-refractivity contribution in [3.63, 3.8) is 0 Å². The topological polar surface area (TPSA) is 37.3 Å². The van der Waals surface area contributed by atoms with Crippen LogP contribution in [0.5, 0.6) is 0 Å². The molecular weight excluding hydrogens is 200 g/mol. The summed E-state index contributed by atoms with van der Waals surface area (Å²) >= 11 is 0. The maximum absolute atomic E-state index is 10.9. The van der Waals surface area contributed by atoms with Gasteiger partial charge in [-0.3, -0.25) is 0 Å². The van der Waals surface area contributed by atoms with Crippen LogP contribution in [0.1, 0.15) is 34.3 Å². The molecule has 0 unspecified atom stereocenters. The summed E-state index contributed by atoms with van der Waals surface area (Å²) in [6.45, 7) is 0. The highest BCUT2D eigenvalue weighted by Crippen LogP contribution is 2.24. The zero-order valence-corrected chi connectivity index (χ0v) is 8.64. The Labute approximate surface area is 89.4 Å². The van der Waals surface area contributed by atoms with Gasteiger partial charge in [-0.05, 0) is 42.9 Å². The van der Waals surface area contributed by atoms with Crippen LogP contribution >= 0.6 is 12.4 Å². The number of fused-ring (bicyclic) bond motifs is 1. The molecule has 14 heavy (non-hydrogen) atoms. The molecule has 0 saturated carbocycles. The number of carboxylic acid groups (broad SMARTS) is 1. The molecule has 1 aliphatic carbocycles. The highest BCUT2D eigenvalue weighted by atomic mass is 35.5. The van der Waals surface area contributed by atoms with Crippen LogP contribution < -0.4 is 0 Å². The molecule has 1 aromatic rings. The monoisotopic (exact) mass is 212 g/mol. The Morgan fingerprint density at radius 2 is 1.93 bits per heavy atom. The second-order valence-corrected chi connectivity index (χ2v) is 3.46. The van der Waals surface area contributed by atoms with E-state index in [9.17, 15) is 4.79 Å². The number of halogens is 1. The fourth-order valence-corrected chi connectivity index (χ4v) is 1.98. The standard InChI is InChI=1S/C11H12O2.ClH/c12-11(13)10-7-3-5-8-4-1-2-6-9(8)10;/h3,5,7H,1-2,4,6H2,(H,12,13);1H. The molecule has 0 saturated heterocycles. The number of aromatic carboxylic acids is 1. The molecule has 0 atom stereocenters. The van der Waals surface area contributed by atoms with E-state index < -0.39 is 5.97 Å². The van der Waals surface area contributed by atoms with Gasteiger partial charge >= 0.3 is 5.97 Å². The van der Waals surface area contributed by atoms with Gasteiger partial charge in [0.1, 0.15) is 0 Å². The minimum atomic E-state index is -0.793. The predicted molar refractivity (Wildman–Crippen MR) is 57.3 cm³/mol. The summed E-state index contributed by atoms with van der Waals surface area (Å²) in [4.78, 5) is 10.9. The third-order valence-corrected chi connectivity index (χ3v) is 2.63. The summed E-state index contributed by atoms with van der Waals surface area (Å²) < 4.78 is 0. The lowest BCUT2D eigenvalue weighted by Gasteiger charge is -2.17. The average Bonchev–Trinajstić information content (AvgIpc) is 2.17. The van der Waals surface area contributed by atoms with Gasteiger partial charge in [0, 0.05) is 0 Å². The van der Waals surface area contributed by atoms with Crippen molar-refractivity contribution in [3.05, 3.63) is 34.9 Å². The molecule has 76 valence electrons. The van der Waals surface area contributed by atoms with Gasteiger partial charge in [-0.2, -0.15) is 0 Å². The summed E-state index contributed by atoms with van der Waals surface area (Å²) in [5, 5.41) is 8.94. The molecule has 3 heteroatoms. The maximum Gasteiger partial charge on any atom is 0.335 e. The first kappa shape index (κ1) is 11.1. The van der Waals surface area contributed by atoms with Gasteiger partial charge < -0.3 is 5.11 Å². The summed E-state index contributed by atoms with van der Waals surface area (Å²) in [6, 6.07) is 5.58. The second-order valence-electron chi connectivity index (χ2n) is 3.46. The predicted octanol–water partition coefficient (Wildman–Crippen LogP) is 2.69. The number of hydrogen-bond donors (Lipinski definition) is 1. The molecule has 0 aliphatic heterocycles. The number of rotatable bonds is 1. The van der Waals surface area contributed by atoms with E-state index in [-0.39, 0.29) is 12.4 Å². The number of carbonyl (C=O) groups is 1. The van der Waals surface area contributed by atoms with Gasteiger partial charge in [0.15, 0.2) is 0 Å². The van der Waals surface area contributed by atoms with Crippen molar-refractivity contribution < 1.29 is 9.90 Å². The van der Waals surface area contributed by atoms with Crippen LogP contribution in [0, 0.1) is 0 Å². The van der Waals surface area contributed by atoms with Gasteiger partial charge in [-0.1, -0.05) is 12.1 Å². The first-order chi connectivity index (χ1) is 6.29. The van der Waals surface area contributed by atoms with Gasteiger partial charge in [0.25, 0.3) is 0 Å². The van der Waals surface area contributed by atoms with E-state index in [0.29, 0.717) is 5.56 Å². The minimum Gasteiger partial charge on any atom is -0.478 e. The lowest BCUT2D eigenvalue weighted by molar-refractivity contribution is 0.0695. The summed E-state index contributed by atoms with van der Waals surface area (Å²) in [7, 11) is 0. The molecule has 2 nitrogen and oxygen atoms in total. The Kier molecular flexibility index (Phi) is 3.53. The van der Waals surface area contributed by atoms with E-state index in [4.69, 9.17) is 5.11 Å². The fourth-order valence-electron chi connectivity index (χ4n) is 1.98. The molecule has 1 N–H and O–H groups in total. The maximum atomic E-state index is 10.9. The zero-order chi connectivity index (χ0) is 9.26. The summed E-state index contributed by atoms with van der Waals surface area (Å²) in [5.74, 6) is -0.793. The lowest BCUT2D eigenvalue weighted by Crippen LogP contribution is -2.09. The molecule has 0 bridgehead atoms. The molecule has 1 aromatic carbocycles. The molecular formula is C11H13ClO2. The van der Waals surface area contributed by atoms with Crippen molar-refractivity contribution in [2.75, 3.05) is 0 Å². The Balaban J connectivity index is 0.000000980. The highest BCUT2D eigenvalue weighted by molar-refractivity contribution is 5.89. The van der Waals surface area contributed by atoms with E-state index in [1.165, 1.54) is 12.0 Å². The number of carboxylic acids is 1. The Morgan fingerprint density at radius 3 is 2.64 bits per heavy atom. The molecule has 0 aromatic heterocycles. The van der Waals surface area contributed by atoms with E-state index in [0.717, 1.165) is 24.8 Å². The van der Waals surface area contributed by atoms with Crippen LogP contribution in [0.3, 0.4) is 0 Å². The SMILES string of the molecule is Cl.O=C(O)c1cccc2c1CCCC2. The quantitative estimate of drug-likeness (QED) is 0.777. The van der Waals surface area contributed by atoms with Crippen LogP contribution in [0.25, 0.3) is 0 Å². The van der Waals surface area contributed by atoms with Gasteiger partial charge in [0.2, 0.25) is 0 Å². The van der Waals surface area contributed by atoms with Crippen LogP contribution in [0.15, 0.2) is 18.2 Å². The summed E-state index contributed by atoms with van der Waals surface area (Å²) in [5.41, 5.74) is 2.78. The normalized spacial score (nSPS) is 14.0. The highest BCUT2D eigenvalue weighted by Gasteiger charge is 2.16. The number of aryl methyl sites for hydroxylation is 1. The number of hydrogen-bond acceptors (Lipinski definition) is 1. The number of benzene rings is 1. The van der Waals surface area contributed by atoms with Crippen molar-refractivity contribution in [2.45, 2.75) is 25.7 Å². The van der Waals surface area contributed by atoms with Crippen LogP contribution in [-0.2, 0) is 12.8 Å². The van der Waals surface area contributed by atoms with Gasteiger partial charge in [0.05, 0.1) is 5.56 Å². The van der Waals surface area contributed by atoms with Crippen molar-refractivity contribution in [1.82, 2.24) is 0 Å². The molecule has 0 radical (unpaired) electrons. The van der Waals surface area contributed by atoms with Crippen molar-refractivity contribution >= 4 is 18.4 Å². The van der Waals surface area contributed by atoms with E-state index in [1.807, 2.05) is 12.1 Å². The first-order valence-corrected chi connectivity index (χ1v) is 4.63. The van der Waals surface area contributed by atoms with Gasteiger partial charge in [-0.25, -0.2) is 4.79 Å². The van der Waals surface area contributed by atoms with Crippen LogP contribution in [-0.4, -0.2) is 11.1 Å². The van der Waals surface area contributed by atoms with Crippen LogP contribution in [0.4, 0.5) is 0 Å². The average molecular weight is 213 g/mol. The Bertz CT molecular complexity index is 347. The smallest absolute Gasteiger partial charge is 0.335 e. The van der Waals surface area contributed by atoms with Crippen molar-refractivity contribution in [3.8, 4) is 0 Å².